The molecule has 0 spiro atoms. The van der Waals surface area contributed by atoms with Gasteiger partial charge in [0.25, 0.3) is 5.91 Å². The highest BCUT2D eigenvalue weighted by Gasteiger charge is 2.19. The van der Waals surface area contributed by atoms with Gasteiger partial charge in [-0.25, -0.2) is 9.37 Å². The number of imidazole rings is 1. The third kappa shape index (κ3) is 4.95. The number of hydrogen-bond acceptors (Lipinski definition) is 4. The van der Waals surface area contributed by atoms with Gasteiger partial charge in [-0.1, -0.05) is 30.7 Å². The summed E-state index contributed by atoms with van der Waals surface area (Å²) in [6, 6.07) is 19.2. The monoisotopic (exact) mass is 491 g/mol. The van der Waals surface area contributed by atoms with Crippen LogP contribution < -0.4 is 15.1 Å². The molecular formula is C27H27ClFN5O. The zero-order chi connectivity index (χ0) is 24.4. The summed E-state index contributed by atoms with van der Waals surface area (Å²) in [5.74, 6) is -0.668. The average molecular weight is 492 g/mol. The van der Waals surface area contributed by atoms with E-state index in [1.807, 2.05) is 31.2 Å². The Kier molecular flexibility index (Phi) is 6.59. The number of rotatable bonds is 6. The number of aromatic nitrogens is 2. The van der Waals surface area contributed by atoms with Crippen molar-refractivity contribution in [1.29, 1.82) is 0 Å². The second kappa shape index (κ2) is 9.96. The van der Waals surface area contributed by atoms with E-state index in [9.17, 15) is 9.18 Å². The third-order valence-corrected chi connectivity index (χ3v) is 6.68. The molecule has 1 fully saturated rings. The SMILES string of the molecule is CCc1nc2ccc(F)cn2c1C(=O)NCc1ccc(N2CCN(c3ccc(Cl)cc3)CC2)cc1. The molecule has 2 aromatic heterocycles. The Morgan fingerprint density at radius 3 is 2.14 bits per heavy atom. The summed E-state index contributed by atoms with van der Waals surface area (Å²) in [4.78, 5) is 22.1. The Balaban J connectivity index is 1.20. The number of amides is 1. The second-order valence-electron chi connectivity index (χ2n) is 8.64. The smallest absolute Gasteiger partial charge is 0.270 e. The molecule has 5 rings (SSSR count). The maximum atomic E-state index is 13.8. The highest BCUT2D eigenvalue weighted by molar-refractivity contribution is 6.30. The number of benzene rings is 2. The maximum absolute atomic E-state index is 13.8. The molecule has 35 heavy (non-hydrogen) atoms. The van der Waals surface area contributed by atoms with Crippen LogP contribution in [0.4, 0.5) is 15.8 Å². The zero-order valence-corrected chi connectivity index (χ0v) is 20.3. The fraction of sp³-hybridized carbons (Fsp3) is 0.259. The van der Waals surface area contributed by atoms with E-state index >= 15 is 0 Å². The van der Waals surface area contributed by atoms with Gasteiger partial charge in [0.05, 0.1) is 5.69 Å². The highest BCUT2D eigenvalue weighted by atomic mass is 35.5. The minimum absolute atomic E-state index is 0.262. The van der Waals surface area contributed by atoms with Crippen LogP contribution in [0.5, 0.6) is 0 Å². The van der Waals surface area contributed by atoms with Crippen molar-refractivity contribution in [1.82, 2.24) is 14.7 Å². The third-order valence-electron chi connectivity index (χ3n) is 6.43. The van der Waals surface area contributed by atoms with Crippen molar-refractivity contribution in [3.8, 4) is 0 Å². The molecule has 6 nitrogen and oxygen atoms in total. The van der Waals surface area contributed by atoms with Crippen LogP contribution in [-0.4, -0.2) is 41.5 Å². The van der Waals surface area contributed by atoms with Crippen molar-refractivity contribution in [2.45, 2.75) is 19.9 Å². The van der Waals surface area contributed by atoms with Crippen molar-refractivity contribution in [2.75, 3.05) is 36.0 Å². The number of pyridine rings is 1. The molecule has 0 bridgehead atoms. The molecule has 4 aromatic rings. The number of fused-ring (bicyclic) bond motifs is 1. The van der Waals surface area contributed by atoms with Crippen LogP contribution in [0.15, 0.2) is 66.9 Å². The summed E-state index contributed by atoms with van der Waals surface area (Å²) in [6.07, 6.45) is 1.89. The van der Waals surface area contributed by atoms with Gasteiger partial charge in [0.15, 0.2) is 0 Å². The van der Waals surface area contributed by atoms with Gasteiger partial charge in [-0.15, -0.1) is 0 Å². The number of hydrogen-bond donors (Lipinski definition) is 1. The first kappa shape index (κ1) is 23.2. The first-order valence-corrected chi connectivity index (χ1v) is 12.2. The molecule has 0 radical (unpaired) electrons. The van der Waals surface area contributed by atoms with Gasteiger partial charge < -0.3 is 15.1 Å². The Bertz CT molecular complexity index is 1330. The van der Waals surface area contributed by atoms with Gasteiger partial charge in [0.1, 0.15) is 17.2 Å². The van der Waals surface area contributed by atoms with Crippen molar-refractivity contribution in [3.63, 3.8) is 0 Å². The molecule has 2 aromatic carbocycles. The lowest BCUT2D eigenvalue weighted by molar-refractivity contribution is 0.0944. The molecule has 0 saturated carbocycles. The van der Waals surface area contributed by atoms with Gasteiger partial charge >= 0.3 is 0 Å². The number of nitrogens with zero attached hydrogens (tertiary/aromatic N) is 4. The van der Waals surface area contributed by atoms with E-state index in [1.165, 1.54) is 28.0 Å². The van der Waals surface area contributed by atoms with Crippen LogP contribution >= 0.6 is 11.6 Å². The van der Waals surface area contributed by atoms with Crippen LogP contribution in [0.3, 0.4) is 0 Å². The predicted molar refractivity (Wildman–Crippen MR) is 138 cm³/mol. The summed E-state index contributed by atoms with van der Waals surface area (Å²) < 4.78 is 15.3. The largest absolute Gasteiger partial charge is 0.368 e. The van der Waals surface area contributed by atoms with Crippen LogP contribution in [0.1, 0.15) is 28.7 Å². The van der Waals surface area contributed by atoms with E-state index in [0.717, 1.165) is 36.8 Å². The maximum Gasteiger partial charge on any atom is 0.270 e. The van der Waals surface area contributed by atoms with E-state index < -0.39 is 5.82 Å². The summed E-state index contributed by atoms with van der Waals surface area (Å²) in [5, 5.41) is 3.71. The summed E-state index contributed by atoms with van der Waals surface area (Å²) >= 11 is 6.01. The lowest BCUT2D eigenvalue weighted by Crippen LogP contribution is -2.46. The molecule has 0 unspecified atom stereocenters. The zero-order valence-electron chi connectivity index (χ0n) is 19.5. The highest BCUT2D eigenvalue weighted by Crippen LogP contribution is 2.23. The summed E-state index contributed by atoms with van der Waals surface area (Å²) in [7, 11) is 0. The van der Waals surface area contributed by atoms with Gasteiger partial charge in [-0.3, -0.25) is 9.20 Å². The average Bonchev–Trinajstić information content (AvgIpc) is 3.26. The van der Waals surface area contributed by atoms with Crippen LogP contribution in [0.25, 0.3) is 5.65 Å². The van der Waals surface area contributed by atoms with Crippen LogP contribution in [0, 0.1) is 5.82 Å². The Labute approximate surface area is 208 Å². The first-order chi connectivity index (χ1) is 17.0. The predicted octanol–water partition coefficient (Wildman–Crippen LogP) is 4.95. The number of carbonyl (C=O) groups is 1. The minimum Gasteiger partial charge on any atom is -0.368 e. The van der Waals surface area contributed by atoms with Crippen molar-refractivity contribution in [3.05, 3.63) is 94.7 Å². The quantitative estimate of drug-likeness (QED) is 0.415. The standard InChI is InChI=1S/C27H27ClFN5O/c1-2-24-26(34-18-21(29)7-12-25(34)31-24)27(35)30-17-19-3-8-22(9-4-19)32-13-15-33(16-14-32)23-10-5-20(28)6-11-23/h3-12,18H,2,13-17H2,1H3,(H,30,35). The molecule has 1 aliphatic heterocycles. The Hall–Kier alpha value is -3.58. The van der Waals surface area contributed by atoms with Gasteiger partial charge in [0, 0.05) is 55.3 Å². The molecule has 8 heteroatoms. The van der Waals surface area contributed by atoms with Crippen molar-refractivity contribution in [2.24, 2.45) is 0 Å². The van der Waals surface area contributed by atoms with E-state index in [0.29, 0.717) is 30.0 Å². The van der Waals surface area contributed by atoms with E-state index in [1.54, 1.807) is 6.07 Å². The van der Waals surface area contributed by atoms with E-state index in [4.69, 9.17) is 11.6 Å². The molecule has 1 N–H and O–H groups in total. The van der Waals surface area contributed by atoms with Crippen molar-refractivity contribution >= 4 is 34.5 Å². The summed E-state index contributed by atoms with van der Waals surface area (Å²) in [6.45, 7) is 6.07. The molecule has 1 saturated heterocycles. The lowest BCUT2D eigenvalue weighted by atomic mass is 10.1. The van der Waals surface area contributed by atoms with E-state index in [-0.39, 0.29) is 5.91 Å². The normalized spacial score (nSPS) is 13.9. The molecule has 180 valence electrons. The van der Waals surface area contributed by atoms with Crippen molar-refractivity contribution < 1.29 is 9.18 Å². The molecule has 3 heterocycles. The van der Waals surface area contributed by atoms with Gasteiger partial charge in [-0.05, 0) is 60.5 Å². The van der Waals surface area contributed by atoms with Gasteiger partial charge in [0.2, 0.25) is 0 Å². The Morgan fingerprint density at radius 1 is 0.943 bits per heavy atom. The Morgan fingerprint density at radius 2 is 1.54 bits per heavy atom. The number of halogens is 2. The molecule has 0 aliphatic carbocycles. The molecule has 1 amide bonds. The fourth-order valence-corrected chi connectivity index (χ4v) is 4.65. The molecular weight excluding hydrogens is 465 g/mol. The van der Waals surface area contributed by atoms with E-state index in [2.05, 4.69) is 44.4 Å². The topological polar surface area (TPSA) is 52.9 Å². The number of nitrogens with one attached hydrogen (secondary N) is 1. The minimum atomic E-state index is -0.406. The second-order valence-corrected chi connectivity index (χ2v) is 9.07. The van der Waals surface area contributed by atoms with Gasteiger partial charge in [-0.2, -0.15) is 0 Å². The molecule has 0 atom stereocenters. The lowest BCUT2D eigenvalue weighted by Gasteiger charge is -2.37. The fourth-order valence-electron chi connectivity index (χ4n) is 4.52. The van der Waals surface area contributed by atoms with Crippen LogP contribution in [-0.2, 0) is 13.0 Å². The number of anilines is 2. The van der Waals surface area contributed by atoms with Crippen LogP contribution in [0.2, 0.25) is 5.02 Å². The number of carbonyl (C=O) groups excluding carboxylic acids is 1. The first-order valence-electron chi connectivity index (χ1n) is 11.8. The number of aryl methyl sites for hydroxylation is 1. The number of piperazine rings is 1. The summed E-state index contributed by atoms with van der Waals surface area (Å²) in [5.41, 5.74) is 4.97. The molecule has 1 aliphatic rings.